The van der Waals surface area contributed by atoms with Crippen LogP contribution in [0.3, 0.4) is 0 Å². The lowest BCUT2D eigenvalue weighted by Crippen LogP contribution is -2.42. The molecule has 0 aliphatic heterocycles. The van der Waals surface area contributed by atoms with Crippen LogP contribution >= 0.6 is 12.2 Å². The lowest BCUT2D eigenvalue weighted by molar-refractivity contribution is 0.0779. The molecule has 20 heavy (non-hydrogen) atoms. The van der Waals surface area contributed by atoms with Crippen molar-refractivity contribution < 1.29 is 4.79 Å². The van der Waals surface area contributed by atoms with Crippen LogP contribution in [-0.4, -0.2) is 38.7 Å². The zero-order chi connectivity index (χ0) is 14.7. The summed E-state index contributed by atoms with van der Waals surface area (Å²) in [5.41, 5.74) is 6.96. The highest BCUT2D eigenvalue weighted by atomic mass is 32.1. The van der Waals surface area contributed by atoms with Crippen LogP contribution in [-0.2, 0) is 0 Å². The Morgan fingerprint density at radius 1 is 1.40 bits per heavy atom. The minimum Gasteiger partial charge on any atom is -0.392 e. The first-order chi connectivity index (χ1) is 9.50. The van der Waals surface area contributed by atoms with Crippen LogP contribution in [0.5, 0.6) is 0 Å². The monoisotopic (exact) mass is 288 g/mol. The molecule has 0 spiro atoms. The summed E-state index contributed by atoms with van der Waals surface area (Å²) in [7, 11) is 1.67. The summed E-state index contributed by atoms with van der Waals surface area (Å²) in [4.78, 5) is 14.1. The van der Waals surface area contributed by atoms with Crippen LogP contribution in [0.25, 0.3) is 5.69 Å². The summed E-state index contributed by atoms with van der Waals surface area (Å²) in [6.07, 6.45) is 3.23. The van der Waals surface area contributed by atoms with E-state index in [1.807, 2.05) is 30.3 Å². The maximum atomic E-state index is 12.3. The number of hydrogen-bond acceptors (Lipinski definition) is 3. The lowest BCUT2D eigenvalue weighted by Gasteiger charge is -2.23. The number of nitrogens with zero attached hydrogens (tertiary/aromatic N) is 3. The van der Waals surface area contributed by atoms with Crippen molar-refractivity contribution in [1.29, 1.82) is 0 Å². The molecular formula is C14H16N4OS. The molecular weight excluding hydrogens is 272 g/mol. The zero-order valence-electron chi connectivity index (χ0n) is 11.4. The summed E-state index contributed by atoms with van der Waals surface area (Å²) in [5.74, 6) is -0.160. The minimum absolute atomic E-state index is 0.160. The third-order valence-electron chi connectivity index (χ3n) is 3.16. The maximum Gasteiger partial charge on any atom is 0.257 e. The maximum absolute atomic E-state index is 12.3. The van der Waals surface area contributed by atoms with Gasteiger partial charge in [-0.1, -0.05) is 30.4 Å². The molecule has 0 aliphatic carbocycles. The number of nitrogens with two attached hydrogens (primary N) is 1. The van der Waals surface area contributed by atoms with Crippen LogP contribution in [0, 0.1) is 0 Å². The highest BCUT2D eigenvalue weighted by molar-refractivity contribution is 7.80. The molecule has 0 bridgehead atoms. The van der Waals surface area contributed by atoms with Gasteiger partial charge in [0.25, 0.3) is 5.91 Å². The van der Waals surface area contributed by atoms with Crippen molar-refractivity contribution in [3.63, 3.8) is 0 Å². The Balaban J connectivity index is 2.21. The first-order valence-corrected chi connectivity index (χ1v) is 6.58. The molecule has 0 aliphatic rings. The molecule has 6 heteroatoms. The Morgan fingerprint density at radius 2 is 2.05 bits per heavy atom. The van der Waals surface area contributed by atoms with Gasteiger partial charge in [0.15, 0.2) is 0 Å². The van der Waals surface area contributed by atoms with Gasteiger partial charge in [-0.05, 0) is 19.1 Å². The largest absolute Gasteiger partial charge is 0.392 e. The van der Waals surface area contributed by atoms with Crippen LogP contribution in [0.15, 0.2) is 42.7 Å². The van der Waals surface area contributed by atoms with Crippen molar-refractivity contribution in [2.75, 3.05) is 7.05 Å². The van der Waals surface area contributed by atoms with Crippen molar-refractivity contribution in [3.05, 3.63) is 48.3 Å². The van der Waals surface area contributed by atoms with Crippen molar-refractivity contribution in [3.8, 4) is 5.69 Å². The molecule has 0 fully saturated rings. The second-order valence-corrected chi connectivity index (χ2v) is 4.97. The number of carbonyl (C=O) groups is 1. The fourth-order valence-corrected chi connectivity index (χ4v) is 1.88. The van der Waals surface area contributed by atoms with Crippen LogP contribution < -0.4 is 5.73 Å². The Kier molecular flexibility index (Phi) is 4.14. The molecule has 1 amide bonds. The van der Waals surface area contributed by atoms with E-state index >= 15 is 0 Å². The average Bonchev–Trinajstić information content (AvgIpc) is 2.95. The van der Waals surface area contributed by atoms with Crippen LogP contribution in [0.1, 0.15) is 17.3 Å². The van der Waals surface area contributed by atoms with E-state index in [9.17, 15) is 4.79 Å². The predicted molar refractivity (Wildman–Crippen MR) is 81.9 cm³/mol. The van der Waals surface area contributed by atoms with Gasteiger partial charge < -0.3 is 10.6 Å². The van der Waals surface area contributed by atoms with Gasteiger partial charge in [0.1, 0.15) is 0 Å². The normalized spacial score (nSPS) is 11.9. The van der Waals surface area contributed by atoms with Gasteiger partial charge in [0, 0.05) is 13.2 Å². The first-order valence-electron chi connectivity index (χ1n) is 6.17. The minimum atomic E-state index is -0.294. The Hall–Kier alpha value is -2.21. The number of aromatic nitrogens is 2. The molecule has 0 saturated carbocycles. The highest BCUT2D eigenvalue weighted by Crippen LogP contribution is 2.10. The number of thiocarbonyl (C=S) groups is 1. The predicted octanol–water partition coefficient (Wildman–Crippen LogP) is 1.62. The van der Waals surface area contributed by atoms with Crippen molar-refractivity contribution >= 4 is 23.1 Å². The summed E-state index contributed by atoms with van der Waals surface area (Å²) in [6.45, 7) is 1.79. The fraction of sp³-hybridized carbons (Fsp3) is 0.214. The summed E-state index contributed by atoms with van der Waals surface area (Å²) >= 11 is 4.91. The standard InChI is InChI=1S/C14H16N4OS/c1-10(13(15)20)17(2)14(19)11-8-16-18(9-11)12-6-4-3-5-7-12/h3-10H,1-2H3,(H2,15,20). The number of carbonyl (C=O) groups excluding carboxylic acids is 1. The van der Waals surface area contributed by atoms with Gasteiger partial charge in [-0.15, -0.1) is 0 Å². The Bertz CT molecular complexity index is 623. The van der Waals surface area contributed by atoms with E-state index in [-0.39, 0.29) is 16.9 Å². The number of benzene rings is 1. The summed E-state index contributed by atoms with van der Waals surface area (Å²) in [6, 6.07) is 9.30. The molecule has 0 saturated heterocycles. The van der Waals surface area contributed by atoms with E-state index < -0.39 is 0 Å². The van der Waals surface area contributed by atoms with E-state index in [1.165, 1.54) is 11.1 Å². The van der Waals surface area contributed by atoms with E-state index in [0.717, 1.165) is 5.69 Å². The molecule has 2 aromatic rings. The fourth-order valence-electron chi connectivity index (χ4n) is 1.73. The smallest absolute Gasteiger partial charge is 0.257 e. The van der Waals surface area contributed by atoms with Gasteiger partial charge in [0.2, 0.25) is 0 Å². The van der Waals surface area contributed by atoms with E-state index in [2.05, 4.69) is 5.10 Å². The second-order valence-electron chi connectivity index (χ2n) is 4.50. The number of rotatable bonds is 4. The Morgan fingerprint density at radius 3 is 2.65 bits per heavy atom. The number of para-hydroxylation sites is 1. The molecule has 1 heterocycles. The average molecular weight is 288 g/mol. The molecule has 104 valence electrons. The number of likely N-dealkylation sites (N-methyl/N-ethyl adjacent to an activating group) is 1. The van der Waals surface area contributed by atoms with Crippen molar-refractivity contribution in [2.24, 2.45) is 5.73 Å². The van der Waals surface area contributed by atoms with Gasteiger partial charge in [-0.2, -0.15) is 5.10 Å². The molecule has 1 atom stereocenters. The summed E-state index contributed by atoms with van der Waals surface area (Å²) in [5, 5.41) is 4.20. The third-order valence-corrected chi connectivity index (χ3v) is 3.50. The second kappa shape index (κ2) is 5.83. The van der Waals surface area contributed by atoms with Gasteiger partial charge in [0.05, 0.1) is 28.5 Å². The molecule has 1 aromatic carbocycles. The quantitative estimate of drug-likeness (QED) is 0.868. The van der Waals surface area contributed by atoms with Gasteiger partial charge in [-0.3, -0.25) is 4.79 Å². The van der Waals surface area contributed by atoms with Crippen molar-refractivity contribution in [2.45, 2.75) is 13.0 Å². The first kappa shape index (κ1) is 14.2. The van der Waals surface area contributed by atoms with E-state index in [4.69, 9.17) is 18.0 Å². The number of hydrogen-bond donors (Lipinski definition) is 1. The van der Waals surface area contributed by atoms with Gasteiger partial charge >= 0.3 is 0 Å². The SMILES string of the molecule is CC(C(N)=S)N(C)C(=O)c1cnn(-c2ccccc2)c1. The van der Waals surface area contributed by atoms with E-state index in [0.29, 0.717) is 5.56 Å². The lowest BCUT2D eigenvalue weighted by atomic mass is 10.2. The molecule has 2 rings (SSSR count). The third kappa shape index (κ3) is 2.85. The van der Waals surface area contributed by atoms with E-state index in [1.54, 1.807) is 24.9 Å². The van der Waals surface area contributed by atoms with Gasteiger partial charge in [-0.25, -0.2) is 4.68 Å². The number of amides is 1. The molecule has 1 unspecified atom stereocenters. The highest BCUT2D eigenvalue weighted by Gasteiger charge is 2.20. The summed E-state index contributed by atoms with van der Waals surface area (Å²) < 4.78 is 1.66. The topological polar surface area (TPSA) is 64.2 Å². The molecule has 1 aromatic heterocycles. The Labute approximate surface area is 123 Å². The van der Waals surface area contributed by atoms with Crippen LogP contribution in [0.2, 0.25) is 0 Å². The molecule has 0 radical (unpaired) electrons. The molecule has 5 nitrogen and oxygen atoms in total. The zero-order valence-corrected chi connectivity index (χ0v) is 12.2. The van der Waals surface area contributed by atoms with Crippen LogP contribution in [0.4, 0.5) is 0 Å². The molecule has 2 N–H and O–H groups in total. The van der Waals surface area contributed by atoms with Crippen molar-refractivity contribution in [1.82, 2.24) is 14.7 Å².